The van der Waals surface area contributed by atoms with Gasteiger partial charge in [-0.15, -0.1) is 0 Å². The van der Waals surface area contributed by atoms with Gasteiger partial charge in [-0.05, 0) is 58.6 Å². The summed E-state index contributed by atoms with van der Waals surface area (Å²) < 4.78 is 0. The van der Waals surface area contributed by atoms with Gasteiger partial charge in [0.25, 0.3) is 5.91 Å². The first-order valence-electron chi connectivity index (χ1n) is 10.3. The number of rotatable bonds is 4. The SMILES string of the molecule is CC(C)(C)NC(=O)c1ccccc1N1CCC(NC(=O)C2CCCC2)CC1. The van der Waals surface area contributed by atoms with E-state index in [4.69, 9.17) is 0 Å². The van der Waals surface area contributed by atoms with Gasteiger partial charge in [0.2, 0.25) is 5.91 Å². The second kappa shape index (κ2) is 8.32. The molecule has 1 saturated heterocycles. The Kier molecular flexibility index (Phi) is 6.08. The molecule has 1 saturated carbocycles. The Hall–Kier alpha value is -2.04. The van der Waals surface area contributed by atoms with E-state index in [-0.39, 0.29) is 29.3 Å². The Morgan fingerprint density at radius 3 is 2.26 bits per heavy atom. The Bertz CT molecular complexity index is 666. The zero-order chi connectivity index (χ0) is 19.4. The highest BCUT2D eigenvalue weighted by Crippen LogP contribution is 2.27. The zero-order valence-electron chi connectivity index (χ0n) is 16.9. The lowest BCUT2D eigenvalue weighted by Gasteiger charge is -2.35. The van der Waals surface area contributed by atoms with Crippen LogP contribution in [0, 0.1) is 5.92 Å². The Morgan fingerprint density at radius 1 is 1.00 bits per heavy atom. The van der Waals surface area contributed by atoms with Crippen LogP contribution in [0.2, 0.25) is 0 Å². The lowest BCUT2D eigenvalue weighted by atomic mass is 10.0. The molecule has 1 heterocycles. The Labute approximate surface area is 162 Å². The molecule has 0 bridgehead atoms. The predicted molar refractivity (Wildman–Crippen MR) is 109 cm³/mol. The van der Waals surface area contributed by atoms with Crippen LogP contribution in [0.4, 0.5) is 5.69 Å². The van der Waals surface area contributed by atoms with Crippen LogP contribution in [0.15, 0.2) is 24.3 Å². The monoisotopic (exact) mass is 371 g/mol. The second-order valence-electron chi connectivity index (χ2n) is 8.97. The predicted octanol–water partition coefficient (Wildman–Crippen LogP) is 3.49. The summed E-state index contributed by atoms with van der Waals surface area (Å²) in [6, 6.07) is 8.07. The van der Waals surface area contributed by atoms with Crippen molar-refractivity contribution in [1.82, 2.24) is 10.6 Å². The highest BCUT2D eigenvalue weighted by Gasteiger charge is 2.28. The molecule has 1 aromatic rings. The number of para-hydroxylation sites is 1. The third kappa shape index (κ3) is 5.24. The first-order valence-corrected chi connectivity index (χ1v) is 10.3. The van der Waals surface area contributed by atoms with Gasteiger partial charge >= 0.3 is 0 Å². The number of hydrogen-bond donors (Lipinski definition) is 2. The molecule has 5 heteroatoms. The summed E-state index contributed by atoms with van der Waals surface area (Å²) in [5, 5.41) is 6.31. The van der Waals surface area contributed by atoms with Crippen LogP contribution in [-0.2, 0) is 4.79 Å². The van der Waals surface area contributed by atoms with Gasteiger partial charge in [-0.1, -0.05) is 25.0 Å². The number of nitrogens with zero attached hydrogens (tertiary/aromatic N) is 1. The van der Waals surface area contributed by atoms with E-state index in [0.717, 1.165) is 50.0 Å². The number of amides is 2. The highest BCUT2D eigenvalue weighted by molar-refractivity contribution is 6.00. The van der Waals surface area contributed by atoms with E-state index in [1.165, 1.54) is 12.8 Å². The van der Waals surface area contributed by atoms with Gasteiger partial charge in [-0.25, -0.2) is 0 Å². The van der Waals surface area contributed by atoms with Gasteiger partial charge in [0.05, 0.1) is 5.56 Å². The van der Waals surface area contributed by atoms with Gasteiger partial charge in [0.1, 0.15) is 0 Å². The largest absolute Gasteiger partial charge is 0.371 e. The van der Waals surface area contributed by atoms with E-state index in [0.29, 0.717) is 0 Å². The zero-order valence-corrected chi connectivity index (χ0v) is 16.9. The second-order valence-corrected chi connectivity index (χ2v) is 8.97. The lowest BCUT2D eigenvalue weighted by Crippen LogP contribution is -2.47. The van der Waals surface area contributed by atoms with Gasteiger partial charge in [-0.3, -0.25) is 9.59 Å². The van der Waals surface area contributed by atoms with E-state index in [1.54, 1.807) is 0 Å². The first-order chi connectivity index (χ1) is 12.8. The van der Waals surface area contributed by atoms with Crippen LogP contribution in [0.25, 0.3) is 0 Å². The molecule has 2 N–H and O–H groups in total. The molecule has 0 aromatic heterocycles. The van der Waals surface area contributed by atoms with Crippen molar-refractivity contribution in [3.05, 3.63) is 29.8 Å². The average Bonchev–Trinajstić information content (AvgIpc) is 3.16. The summed E-state index contributed by atoms with van der Waals surface area (Å²) in [7, 11) is 0. The van der Waals surface area contributed by atoms with Crippen molar-refractivity contribution < 1.29 is 9.59 Å². The minimum atomic E-state index is -0.262. The minimum Gasteiger partial charge on any atom is -0.371 e. The maximum absolute atomic E-state index is 12.7. The first kappa shape index (κ1) is 19.7. The summed E-state index contributed by atoms with van der Waals surface area (Å²) in [4.78, 5) is 27.3. The summed E-state index contributed by atoms with van der Waals surface area (Å²) in [6.45, 7) is 7.69. The van der Waals surface area contributed by atoms with Gasteiger partial charge < -0.3 is 15.5 Å². The third-order valence-electron chi connectivity index (χ3n) is 5.55. The summed E-state index contributed by atoms with van der Waals surface area (Å²) >= 11 is 0. The molecule has 1 aromatic carbocycles. The van der Waals surface area contributed by atoms with Gasteiger partial charge in [0, 0.05) is 36.3 Å². The number of piperidine rings is 1. The number of carbonyl (C=O) groups excluding carboxylic acids is 2. The molecule has 27 heavy (non-hydrogen) atoms. The van der Waals surface area contributed by atoms with Crippen LogP contribution in [-0.4, -0.2) is 36.5 Å². The van der Waals surface area contributed by atoms with Crippen molar-refractivity contribution in [1.29, 1.82) is 0 Å². The highest BCUT2D eigenvalue weighted by atomic mass is 16.2. The molecule has 148 valence electrons. The van der Waals surface area contributed by atoms with E-state index in [2.05, 4.69) is 15.5 Å². The van der Waals surface area contributed by atoms with Crippen LogP contribution < -0.4 is 15.5 Å². The van der Waals surface area contributed by atoms with Crippen LogP contribution >= 0.6 is 0 Å². The van der Waals surface area contributed by atoms with E-state index in [1.807, 2.05) is 45.0 Å². The maximum atomic E-state index is 12.7. The van der Waals surface area contributed by atoms with Crippen molar-refractivity contribution in [3.63, 3.8) is 0 Å². The minimum absolute atomic E-state index is 0.0326. The normalized spacial score (nSPS) is 19.1. The van der Waals surface area contributed by atoms with Crippen LogP contribution in [0.5, 0.6) is 0 Å². The Morgan fingerprint density at radius 2 is 1.63 bits per heavy atom. The standard InChI is InChI=1S/C22H33N3O2/c1-22(2,3)24-21(27)18-10-6-7-11-19(18)25-14-12-17(13-15-25)23-20(26)16-8-4-5-9-16/h6-7,10-11,16-17H,4-5,8-9,12-15H2,1-3H3,(H,23,26)(H,24,27). The molecule has 0 radical (unpaired) electrons. The van der Waals surface area contributed by atoms with Crippen LogP contribution in [0.3, 0.4) is 0 Å². The number of benzene rings is 1. The molecule has 2 fully saturated rings. The fourth-order valence-corrected chi connectivity index (χ4v) is 4.12. The topological polar surface area (TPSA) is 61.4 Å². The maximum Gasteiger partial charge on any atom is 0.253 e. The average molecular weight is 372 g/mol. The molecule has 0 atom stereocenters. The molecule has 0 unspecified atom stereocenters. The van der Waals surface area contributed by atoms with Crippen molar-refractivity contribution in [2.45, 2.75) is 70.9 Å². The molecule has 2 amide bonds. The number of nitrogens with one attached hydrogen (secondary N) is 2. The van der Waals surface area contributed by atoms with E-state index < -0.39 is 0 Å². The fraction of sp³-hybridized carbons (Fsp3) is 0.636. The van der Waals surface area contributed by atoms with E-state index >= 15 is 0 Å². The molecule has 3 rings (SSSR count). The van der Waals surface area contributed by atoms with E-state index in [9.17, 15) is 9.59 Å². The fourth-order valence-electron chi connectivity index (χ4n) is 4.12. The van der Waals surface area contributed by atoms with Crippen molar-refractivity contribution in [2.24, 2.45) is 5.92 Å². The van der Waals surface area contributed by atoms with Gasteiger partial charge in [-0.2, -0.15) is 0 Å². The summed E-state index contributed by atoms with van der Waals surface area (Å²) in [5.41, 5.74) is 1.45. The smallest absolute Gasteiger partial charge is 0.253 e. The molecule has 2 aliphatic rings. The number of anilines is 1. The molecule has 0 spiro atoms. The van der Waals surface area contributed by atoms with Gasteiger partial charge in [0.15, 0.2) is 0 Å². The number of hydrogen-bond acceptors (Lipinski definition) is 3. The van der Waals surface area contributed by atoms with Crippen LogP contribution in [0.1, 0.15) is 69.7 Å². The molecular formula is C22H33N3O2. The van der Waals surface area contributed by atoms with Crippen molar-refractivity contribution >= 4 is 17.5 Å². The summed E-state index contributed by atoms with van der Waals surface area (Å²) in [6.07, 6.45) is 6.30. The Balaban J connectivity index is 1.59. The van der Waals surface area contributed by atoms with Crippen molar-refractivity contribution in [2.75, 3.05) is 18.0 Å². The quantitative estimate of drug-likeness (QED) is 0.852. The molecule has 1 aliphatic carbocycles. The molecule has 5 nitrogen and oxygen atoms in total. The third-order valence-corrected chi connectivity index (χ3v) is 5.55. The molecule has 1 aliphatic heterocycles. The number of carbonyl (C=O) groups is 2. The molecular weight excluding hydrogens is 338 g/mol. The lowest BCUT2D eigenvalue weighted by molar-refractivity contribution is -0.125. The summed E-state index contributed by atoms with van der Waals surface area (Å²) in [5.74, 6) is 0.440. The van der Waals surface area contributed by atoms with Crippen molar-refractivity contribution in [3.8, 4) is 0 Å².